The molecule has 0 aliphatic carbocycles. The smallest absolute Gasteiger partial charge is 0.262 e. The minimum atomic E-state index is -3.73. The second kappa shape index (κ2) is 11.5. The molecule has 0 radical (unpaired) electrons. The van der Waals surface area contributed by atoms with E-state index < -0.39 is 10.0 Å². The molecule has 7 nitrogen and oxygen atoms in total. The summed E-state index contributed by atoms with van der Waals surface area (Å²) in [4.78, 5) is 12.6. The first-order valence-electron chi connectivity index (χ1n) is 11.3. The maximum atomic E-state index is 12.7. The lowest BCUT2D eigenvalue weighted by molar-refractivity contribution is -0.118. The van der Waals surface area contributed by atoms with Gasteiger partial charge in [0, 0.05) is 6.04 Å². The van der Waals surface area contributed by atoms with E-state index in [1.54, 1.807) is 25.1 Å². The molecule has 1 amide bonds. The minimum Gasteiger partial charge on any atom is -0.484 e. The van der Waals surface area contributed by atoms with Gasteiger partial charge in [0.15, 0.2) is 12.4 Å². The Morgan fingerprint density at radius 1 is 0.778 bits per heavy atom. The third-order valence-electron chi connectivity index (χ3n) is 5.27. The minimum absolute atomic E-state index is 0.106. The van der Waals surface area contributed by atoms with Crippen molar-refractivity contribution < 1.29 is 22.7 Å². The van der Waals surface area contributed by atoms with E-state index in [9.17, 15) is 13.2 Å². The maximum absolute atomic E-state index is 12.7. The molecule has 0 bridgehead atoms. The zero-order valence-electron chi connectivity index (χ0n) is 19.6. The van der Waals surface area contributed by atoms with Gasteiger partial charge in [-0.25, -0.2) is 13.1 Å². The summed E-state index contributed by atoms with van der Waals surface area (Å²) >= 11 is 0. The van der Waals surface area contributed by atoms with Crippen molar-refractivity contribution >= 4 is 21.6 Å². The summed E-state index contributed by atoms with van der Waals surface area (Å²) in [6.45, 7) is 1.53. The fourth-order valence-corrected chi connectivity index (χ4v) is 4.67. The number of hydrogen-bond donors (Lipinski definition) is 2. The Bertz CT molecular complexity index is 1390. The number of anilines is 1. The number of ether oxygens (including phenoxy) is 2. The second-order valence-electron chi connectivity index (χ2n) is 7.97. The van der Waals surface area contributed by atoms with E-state index in [2.05, 4.69) is 10.0 Å². The summed E-state index contributed by atoms with van der Waals surface area (Å²) in [6.07, 6.45) is 0. The Labute approximate surface area is 210 Å². The molecule has 0 saturated carbocycles. The van der Waals surface area contributed by atoms with Gasteiger partial charge in [0.25, 0.3) is 5.91 Å². The van der Waals surface area contributed by atoms with Crippen molar-refractivity contribution in [3.05, 3.63) is 115 Å². The van der Waals surface area contributed by atoms with Gasteiger partial charge >= 0.3 is 0 Å². The second-order valence-corrected chi connectivity index (χ2v) is 9.69. The summed E-state index contributed by atoms with van der Waals surface area (Å²) < 4.78 is 39.5. The number of amides is 1. The Morgan fingerprint density at radius 2 is 1.39 bits per heavy atom. The van der Waals surface area contributed by atoms with E-state index in [4.69, 9.17) is 9.47 Å². The third-order valence-corrected chi connectivity index (χ3v) is 6.82. The predicted molar refractivity (Wildman–Crippen MR) is 139 cm³/mol. The van der Waals surface area contributed by atoms with Crippen LogP contribution >= 0.6 is 0 Å². The van der Waals surface area contributed by atoms with Crippen molar-refractivity contribution in [3.8, 4) is 17.2 Å². The quantitative estimate of drug-likeness (QED) is 0.297. The average Bonchev–Trinajstić information content (AvgIpc) is 2.90. The largest absolute Gasteiger partial charge is 0.484 e. The highest BCUT2D eigenvalue weighted by Crippen LogP contribution is 2.29. The van der Waals surface area contributed by atoms with Gasteiger partial charge in [0.05, 0.1) is 10.6 Å². The van der Waals surface area contributed by atoms with Gasteiger partial charge in [0.1, 0.15) is 11.5 Å². The molecule has 1 atom stereocenters. The SMILES string of the molecule is C[C@H](NS(=O)(=O)c1ccc(OCC(=O)Nc2ccccc2Oc2ccccc2)cc1)c1ccccc1. The van der Waals surface area contributed by atoms with E-state index in [1.807, 2.05) is 66.7 Å². The Morgan fingerprint density at radius 3 is 2.08 bits per heavy atom. The van der Waals surface area contributed by atoms with Crippen molar-refractivity contribution in [2.45, 2.75) is 17.9 Å². The molecule has 2 N–H and O–H groups in total. The molecule has 8 heteroatoms. The third kappa shape index (κ3) is 6.71. The van der Waals surface area contributed by atoms with Crippen LogP contribution in [0.5, 0.6) is 17.2 Å². The van der Waals surface area contributed by atoms with Crippen LogP contribution in [0.2, 0.25) is 0 Å². The number of para-hydroxylation sites is 3. The van der Waals surface area contributed by atoms with Crippen LogP contribution in [0.3, 0.4) is 0 Å². The van der Waals surface area contributed by atoms with Crippen molar-refractivity contribution in [2.75, 3.05) is 11.9 Å². The predicted octanol–water partition coefficient (Wildman–Crippen LogP) is 5.54. The van der Waals surface area contributed by atoms with Gasteiger partial charge in [-0.1, -0.05) is 60.7 Å². The van der Waals surface area contributed by atoms with Gasteiger partial charge in [-0.15, -0.1) is 0 Å². The molecular formula is C28H26N2O5S. The molecule has 0 unspecified atom stereocenters. The van der Waals surface area contributed by atoms with E-state index in [-0.39, 0.29) is 23.5 Å². The zero-order chi connectivity index (χ0) is 25.4. The maximum Gasteiger partial charge on any atom is 0.262 e. The molecule has 4 aromatic rings. The lowest BCUT2D eigenvalue weighted by Gasteiger charge is -2.15. The fourth-order valence-electron chi connectivity index (χ4n) is 3.44. The molecule has 0 spiro atoms. The van der Waals surface area contributed by atoms with Gasteiger partial charge in [0.2, 0.25) is 10.0 Å². The molecule has 0 aromatic heterocycles. The summed E-state index contributed by atoms with van der Waals surface area (Å²) in [6, 6.07) is 31.2. The van der Waals surface area contributed by atoms with Gasteiger partial charge in [-0.2, -0.15) is 0 Å². The molecule has 4 rings (SSSR count). The average molecular weight is 503 g/mol. The first-order valence-corrected chi connectivity index (χ1v) is 12.8. The molecular weight excluding hydrogens is 476 g/mol. The number of carbonyl (C=O) groups excluding carboxylic acids is 1. The zero-order valence-corrected chi connectivity index (χ0v) is 20.4. The van der Waals surface area contributed by atoms with Crippen molar-refractivity contribution in [3.63, 3.8) is 0 Å². The van der Waals surface area contributed by atoms with Crippen LogP contribution in [0.15, 0.2) is 114 Å². The molecule has 0 aliphatic rings. The fraction of sp³-hybridized carbons (Fsp3) is 0.107. The van der Waals surface area contributed by atoms with Crippen LogP contribution in [0.1, 0.15) is 18.5 Å². The first kappa shape index (κ1) is 25.0. The number of sulfonamides is 1. The van der Waals surface area contributed by atoms with Gasteiger partial charge in [-0.3, -0.25) is 4.79 Å². The van der Waals surface area contributed by atoms with E-state index >= 15 is 0 Å². The van der Waals surface area contributed by atoms with E-state index in [0.717, 1.165) is 5.56 Å². The van der Waals surface area contributed by atoms with Crippen LogP contribution in [0.4, 0.5) is 5.69 Å². The van der Waals surface area contributed by atoms with Gasteiger partial charge < -0.3 is 14.8 Å². The van der Waals surface area contributed by atoms with Crippen LogP contribution in [-0.4, -0.2) is 20.9 Å². The molecule has 0 saturated heterocycles. The molecule has 4 aromatic carbocycles. The van der Waals surface area contributed by atoms with Crippen LogP contribution < -0.4 is 19.5 Å². The van der Waals surface area contributed by atoms with Gasteiger partial charge in [-0.05, 0) is 61.0 Å². The molecule has 0 fully saturated rings. The Kier molecular flexibility index (Phi) is 7.99. The number of nitrogens with one attached hydrogen (secondary N) is 2. The number of carbonyl (C=O) groups is 1. The topological polar surface area (TPSA) is 93.7 Å². The van der Waals surface area contributed by atoms with Crippen molar-refractivity contribution in [1.82, 2.24) is 4.72 Å². The summed E-state index contributed by atoms with van der Waals surface area (Å²) in [5, 5.41) is 2.78. The number of benzene rings is 4. The first-order chi connectivity index (χ1) is 17.4. The summed E-state index contributed by atoms with van der Waals surface area (Å²) in [5.74, 6) is 1.14. The molecule has 184 valence electrons. The van der Waals surface area contributed by atoms with Crippen LogP contribution in [-0.2, 0) is 14.8 Å². The normalized spacial score (nSPS) is 11.9. The van der Waals surface area contributed by atoms with E-state index in [1.165, 1.54) is 24.3 Å². The highest BCUT2D eigenvalue weighted by atomic mass is 32.2. The standard InChI is InChI=1S/C28H26N2O5S/c1-21(22-10-4-2-5-11-22)30-36(32,33)25-18-16-23(17-19-25)34-20-28(31)29-26-14-8-9-15-27(26)35-24-12-6-3-7-13-24/h2-19,21,30H,20H2,1H3,(H,29,31)/t21-/m0/s1. The lowest BCUT2D eigenvalue weighted by atomic mass is 10.1. The van der Waals surface area contributed by atoms with Crippen molar-refractivity contribution in [2.24, 2.45) is 0 Å². The monoisotopic (exact) mass is 502 g/mol. The summed E-state index contributed by atoms with van der Waals surface area (Å²) in [7, 11) is -3.73. The van der Waals surface area contributed by atoms with Crippen LogP contribution in [0, 0.1) is 0 Å². The van der Waals surface area contributed by atoms with Crippen molar-refractivity contribution in [1.29, 1.82) is 0 Å². The highest BCUT2D eigenvalue weighted by Gasteiger charge is 2.18. The van der Waals surface area contributed by atoms with Crippen LogP contribution in [0.25, 0.3) is 0 Å². The number of hydrogen-bond acceptors (Lipinski definition) is 5. The highest BCUT2D eigenvalue weighted by molar-refractivity contribution is 7.89. The Balaban J connectivity index is 1.33. The molecule has 0 aliphatic heterocycles. The molecule has 36 heavy (non-hydrogen) atoms. The lowest BCUT2D eigenvalue weighted by Crippen LogP contribution is -2.26. The Hall–Kier alpha value is -4.14. The van der Waals surface area contributed by atoms with E-state index in [0.29, 0.717) is 22.9 Å². The number of rotatable bonds is 10. The molecule has 0 heterocycles. The summed E-state index contributed by atoms with van der Waals surface area (Å²) in [5.41, 5.74) is 1.37.